The molecule has 0 unspecified atom stereocenters. The Morgan fingerprint density at radius 2 is 2.25 bits per heavy atom. The lowest BCUT2D eigenvalue weighted by Crippen LogP contribution is -2.25. The van der Waals surface area contributed by atoms with Crippen molar-refractivity contribution in [3.63, 3.8) is 0 Å². The van der Waals surface area contributed by atoms with E-state index in [0.29, 0.717) is 13.0 Å². The highest BCUT2D eigenvalue weighted by Crippen LogP contribution is 2.09. The zero-order valence-electron chi connectivity index (χ0n) is 12.1. The summed E-state index contributed by atoms with van der Waals surface area (Å²) in [6.45, 7) is 6.49. The molecular formula is C15H20N4O. The summed E-state index contributed by atoms with van der Waals surface area (Å²) in [6, 6.07) is 3.97. The molecule has 0 aliphatic carbocycles. The Morgan fingerprint density at radius 3 is 2.90 bits per heavy atom. The van der Waals surface area contributed by atoms with E-state index >= 15 is 0 Å². The number of amides is 1. The molecule has 0 aliphatic heterocycles. The average molecular weight is 272 g/mol. The van der Waals surface area contributed by atoms with Gasteiger partial charge in [0.2, 0.25) is 5.91 Å². The Hall–Kier alpha value is -2.17. The lowest BCUT2D eigenvalue weighted by molar-refractivity contribution is -0.122. The summed E-state index contributed by atoms with van der Waals surface area (Å²) < 4.78 is 1.79. The molecule has 2 aromatic rings. The molecule has 2 aromatic heterocycles. The van der Waals surface area contributed by atoms with Crippen molar-refractivity contribution in [3.05, 3.63) is 47.5 Å². The first kappa shape index (κ1) is 14.2. The standard InChI is InChI=1S/C15H20N4O/c1-11-7-14(9-16-13(11)3)10-17-15(20)8-12(2)19-6-4-5-18-19/h4-7,9,12H,8,10H2,1-3H3,(H,17,20)/t12-/m1/s1. The minimum absolute atomic E-state index is 0.0197. The van der Waals surface area contributed by atoms with Crippen molar-refractivity contribution in [3.8, 4) is 0 Å². The fourth-order valence-electron chi connectivity index (χ4n) is 1.97. The van der Waals surface area contributed by atoms with Crippen LogP contribution >= 0.6 is 0 Å². The van der Waals surface area contributed by atoms with Crippen LogP contribution in [0.2, 0.25) is 0 Å². The molecule has 1 atom stereocenters. The molecule has 0 aliphatic rings. The summed E-state index contributed by atoms with van der Waals surface area (Å²) >= 11 is 0. The second-order valence-corrected chi connectivity index (χ2v) is 5.06. The third kappa shape index (κ3) is 3.66. The molecule has 0 aromatic carbocycles. The number of carbonyl (C=O) groups is 1. The zero-order chi connectivity index (χ0) is 14.5. The number of pyridine rings is 1. The Morgan fingerprint density at radius 1 is 1.45 bits per heavy atom. The van der Waals surface area contributed by atoms with Crippen molar-refractivity contribution in [1.29, 1.82) is 0 Å². The van der Waals surface area contributed by atoms with E-state index < -0.39 is 0 Å². The number of carbonyl (C=O) groups excluding carboxylic acids is 1. The van der Waals surface area contributed by atoms with Gasteiger partial charge in [-0.1, -0.05) is 6.07 Å². The number of hydrogen-bond donors (Lipinski definition) is 1. The Bertz CT molecular complexity index is 578. The van der Waals surface area contributed by atoms with Crippen molar-refractivity contribution in [2.75, 3.05) is 0 Å². The van der Waals surface area contributed by atoms with E-state index in [4.69, 9.17) is 0 Å². The maximum absolute atomic E-state index is 11.9. The largest absolute Gasteiger partial charge is 0.352 e. The van der Waals surface area contributed by atoms with Crippen LogP contribution in [0.3, 0.4) is 0 Å². The highest BCUT2D eigenvalue weighted by Gasteiger charge is 2.10. The number of rotatable bonds is 5. The normalized spacial score (nSPS) is 12.2. The molecule has 2 heterocycles. The van der Waals surface area contributed by atoms with Gasteiger partial charge in [-0.2, -0.15) is 5.10 Å². The van der Waals surface area contributed by atoms with E-state index in [2.05, 4.69) is 21.5 Å². The zero-order valence-corrected chi connectivity index (χ0v) is 12.1. The van der Waals surface area contributed by atoms with E-state index in [0.717, 1.165) is 16.8 Å². The summed E-state index contributed by atoms with van der Waals surface area (Å²) in [5.74, 6) is 0.0197. The van der Waals surface area contributed by atoms with Gasteiger partial charge in [-0.3, -0.25) is 14.5 Å². The first-order chi connectivity index (χ1) is 9.56. The van der Waals surface area contributed by atoms with Crippen LogP contribution in [0.15, 0.2) is 30.7 Å². The van der Waals surface area contributed by atoms with Gasteiger partial charge >= 0.3 is 0 Å². The van der Waals surface area contributed by atoms with Gasteiger partial charge in [0, 0.05) is 37.3 Å². The lowest BCUT2D eigenvalue weighted by Gasteiger charge is -2.12. The van der Waals surface area contributed by atoms with Crippen molar-refractivity contribution >= 4 is 5.91 Å². The summed E-state index contributed by atoms with van der Waals surface area (Å²) in [5.41, 5.74) is 3.18. The molecule has 0 fully saturated rings. The second-order valence-electron chi connectivity index (χ2n) is 5.06. The van der Waals surface area contributed by atoms with E-state index in [1.54, 1.807) is 17.1 Å². The van der Waals surface area contributed by atoms with Crippen LogP contribution in [0, 0.1) is 13.8 Å². The quantitative estimate of drug-likeness (QED) is 0.907. The van der Waals surface area contributed by atoms with Gasteiger partial charge in [-0.25, -0.2) is 0 Å². The summed E-state index contributed by atoms with van der Waals surface area (Å²) in [5, 5.41) is 7.05. The molecule has 0 saturated carbocycles. The van der Waals surface area contributed by atoms with Crippen LogP contribution in [0.4, 0.5) is 0 Å². The molecule has 1 amide bonds. The summed E-state index contributed by atoms with van der Waals surface area (Å²) in [6.07, 6.45) is 5.81. The molecule has 1 N–H and O–H groups in total. The van der Waals surface area contributed by atoms with E-state index in [1.165, 1.54) is 0 Å². The smallest absolute Gasteiger partial charge is 0.222 e. The van der Waals surface area contributed by atoms with Crippen LogP contribution in [-0.2, 0) is 11.3 Å². The van der Waals surface area contributed by atoms with Crippen molar-refractivity contribution in [1.82, 2.24) is 20.1 Å². The number of aryl methyl sites for hydroxylation is 2. The van der Waals surface area contributed by atoms with Gasteiger partial charge < -0.3 is 5.32 Å². The molecule has 0 radical (unpaired) electrons. The summed E-state index contributed by atoms with van der Waals surface area (Å²) in [7, 11) is 0. The highest BCUT2D eigenvalue weighted by atomic mass is 16.1. The van der Waals surface area contributed by atoms with Gasteiger partial charge in [0.05, 0.1) is 6.04 Å². The Labute approximate surface area is 119 Å². The Balaban J connectivity index is 1.84. The first-order valence-electron chi connectivity index (χ1n) is 6.74. The number of nitrogens with one attached hydrogen (secondary N) is 1. The number of nitrogens with zero attached hydrogens (tertiary/aromatic N) is 3. The average Bonchev–Trinajstić information content (AvgIpc) is 2.94. The topological polar surface area (TPSA) is 59.8 Å². The third-order valence-electron chi connectivity index (χ3n) is 3.34. The molecule has 0 saturated heterocycles. The van der Waals surface area contributed by atoms with Gasteiger partial charge in [-0.05, 0) is 38.0 Å². The Kier molecular flexibility index (Phi) is 4.50. The predicted octanol–water partition coefficient (Wildman–Crippen LogP) is 2.16. The fourth-order valence-corrected chi connectivity index (χ4v) is 1.97. The molecule has 106 valence electrons. The van der Waals surface area contributed by atoms with E-state index in [-0.39, 0.29) is 11.9 Å². The number of hydrogen-bond acceptors (Lipinski definition) is 3. The SMILES string of the molecule is Cc1cc(CNC(=O)C[C@@H](C)n2cccn2)cnc1C. The van der Waals surface area contributed by atoms with Crippen molar-refractivity contribution in [2.24, 2.45) is 0 Å². The minimum atomic E-state index is 0.0197. The van der Waals surface area contributed by atoms with Crippen LogP contribution in [0.25, 0.3) is 0 Å². The molecule has 20 heavy (non-hydrogen) atoms. The second kappa shape index (κ2) is 6.32. The van der Waals surface area contributed by atoms with Gasteiger partial charge in [0.1, 0.15) is 0 Å². The first-order valence-corrected chi connectivity index (χ1v) is 6.74. The van der Waals surface area contributed by atoms with Gasteiger partial charge in [-0.15, -0.1) is 0 Å². The third-order valence-corrected chi connectivity index (χ3v) is 3.34. The minimum Gasteiger partial charge on any atom is -0.352 e. The monoisotopic (exact) mass is 272 g/mol. The maximum atomic E-state index is 11.9. The van der Waals surface area contributed by atoms with Crippen LogP contribution in [0.5, 0.6) is 0 Å². The van der Waals surface area contributed by atoms with E-state index in [9.17, 15) is 4.79 Å². The highest BCUT2D eigenvalue weighted by molar-refractivity contribution is 5.76. The molecule has 5 nitrogen and oxygen atoms in total. The molecule has 0 spiro atoms. The fraction of sp³-hybridized carbons (Fsp3) is 0.400. The predicted molar refractivity (Wildman–Crippen MR) is 77.1 cm³/mol. The van der Waals surface area contributed by atoms with E-state index in [1.807, 2.05) is 33.0 Å². The van der Waals surface area contributed by atoms with Crippen molar-refractivity contribution < 1.29 is 4.79 Å². The van der Waals surface area contributed by atoms with Crippen LogP contribution in [0.1, 0.15) is 36.2 Å². The molecule has 0 bridgehead atoms. The molecular weight excluding hydrogens is 252 g/mol. The van der Waals surface area contributed by atoms with Gasteiger partial charge in [0.15, 0.2) is 0 Å². The van der Waals surface area contributed by atoms with Crippen LogP contribution in [-0.4, -0.2) is 20.7 Å². The molecule has 5 heteroatoms. The lowest BCUT2D eigenvalue weighted by atomic mass is 10.1. The molecule has 2 rings (SSSR count). The van der Waals surface area contributed by atoms with Gasteiger partial charge in [0.25, 0.3) is 0 Å². The maximum Gasteiger partial charge on any atom is 0.222 e. The van der Waals surface area contributed by atoms with Crippen molar-refractivity contribution in [2.45, 2.75) is 39.8 Å². The van der Waals surface area contributed by atoms with Crippen LogP contribution < -0.4 is 5.32 Å². The number of aromatic nitrogens is 3. The summed E-state index contributed by atoms with van der Waals surface area (Å²) in [4.78, 5) is 16.2.